The Hall–Kier alpha value is -2.19. The molecule has 150 valence electrons. The first-order valence-corrected chi connectivity index (χ1v) is 11.4. The van der Waals surface area contributed by atoms with Crippen LogP contribution in [0.5, 0.6) is 0 Å². The molecule has 3 aromatic carbocycles. The lowest BCUT2D eigenvalue weighted by Crippen LogP contribution is -2.45. The number of anilines is 1. The maximum atomic E-state index is 12.9. The molecular weight excluding hydrogens is 476 g/mol. The Morgan fingerprint density at radius 3 is 2.31 bits per heavy atom. The van der Waals surface area contributed by atoms with Crippen LogP contribution in [0, 0.1) is 0 Å². The molecule has 0 radical (unpaired) electrons. The normalized spacial score (nSPS) is 12.3. The van der Waals surface area contributed by atoms with Crippen molar-refractivity contribution in [2.24, 2.45) is 0 Å². The summed E-state index contributed by atoms with van der Waals surface area (Å²) in [6, 6.07) is 21.1. The summed E-state index contributed by atoms with van der Waals surface area (Å²) in [4.78, 5) is 13.0. The lowest BCUT2D eigenvalue weighted by atomic mass is 10.1. The summed E-state index contributed by atoms with van der Waals surface area (Å²) in [5, 5.41) is 3.20. The highest BCUT2D eigenvalue weighted by Gasteiger charge is 2.26. The Bertz CT molecular complexity index is 1090. The SMILES string of the molecule is O=C(Nc1cccc(Br)c1)C(Cc1ccccc1)NS(=O)(=O)c1ccc(Cl)cc1. The van der Waals surface area contributed by atoms with Crippen LogP contribution in [-0.4, -0.2) is 20.4 Å². The summed E-state index contributed by atoms with van der Waals surface area (Å²) in [7, 11) is -3.92. The number of carbonyl (C=O) groups excluding carboxylic acids is 1. The molecule has 0 aliphatic heterocycles. The minimum atomic E-state index is -3.92. The fourth-order valence-electron chi connectivity index (χ4n) is 2.70. The lowest BCUT2D eigenvalue weighted by Gasteiger charge is -2.19. The molecular formula is C21H18BrClN2O3S. The van der Waals surface area contributed by atoms with Gasteiger partial charge in [-0.3, -0.25) is 4.79 Å². The Balaban J connectivity index is 1.85. The number of rotatable bonds is 7. The van der Waals surface area contributed by atoms with Crippen LogP contribution < -0.4 is 10.0 Å². The van der Waals surface area contributed by atoms with Crippen molar-refractivity contribution in [3.8, 4) is 0 Å². The van der Waals surface area contributed by atoms with Gasteiger partial charge in [0.25, 0.3) is 0 Å². The van der Waals surface area contributed by atoms with E-state index >= 15 is 0 Å². The first kappa shape index (κ1) is 21.5. The summed E-state index contributed by atoms with van der Waals surface area (Å²) in [6.45, 7) is 0. The van der Waals surface area contributed by atoms with Gasteiger partial charge in [0.05, 0.1) is 4.90 Å². The van der Waals surface area contributed by atoms with Crippen molar-refractivity contribution in [1.29, 1.82) is 0 Å². The van der Waals surface area contributed by atoms with Crippen molar-refractivity contribution in [1.82, 2.24) is 4.72 Å². The minimum absolute atomic E-state index is 0.0372. The van der Waals surface area contributed by atoms with Crippen LogP contribution in [0.25, 0.3) is 0 Å². The quantitative estimate of drug-likeness (QED) is 0.504. The number of amides is 1. The fourth-order valence-corrected chi connectivity index (χ4v) is 4.42. The molecule has 8 heteroatoms. The molecule has 0 aromatic heterocycles. The van der Waals surface area contributed by atoms with E-state index < -0.39 is 22.0 Å². The molecule has 0 aliphatic carbocycles. The van der Waals surface area contributed by atoms with E-state index in [1.165, 1.54) is 24.3 Å². The van der Waals surface area contributed by atoms with Crippen LogP contribution >= 0.6 is 27.5 Å². The maximum Gasteiger partial charge on any atom is 0.242 e. The van der Waals surface area contributed by atoms with E-state index in [0.29, 0.717) is 10.7 Å². The van der Waals surface area contributed by atoms with Gasteiger partial charge in [-0.15, -0.1) is 0 Å². The molecule has 29 heavy (non-hydrogen) atoms. The molecule has 1 amide bonds. The van der Waals surface area contributed by atoms with Gasteiger partial charge in [0, 0.05) is 15.2 Å². The van der Waals surface area contributed by atoms with Gasteiger partial charge in [-0.05, 0) is 54.4 Å². The third-order valence-electron chi connectivity index (χ3n) is 4.11. The summed E-state index contributed by atoms with van der Waals surface area (Å²) in [6.07, 6.45) is 0.202. The van der Waals surface area contributed by atoms with Gasteiger partial charge in [-0.2, -0.15) is 4.72 Å². The molecule has 1 atom stereocenters. The average Bonchev–Trinajstić information content (AvgIpc) is 2.68. The van der Waals surface area contributed by atoms with Crippen LogP contribution in [0.2, 0.25) is 5.02 Å². The summed E-state index contributed by atoms with van der Waals surface area (Å²) < 4.78 is 28.9. The monoisotopic (exact) mass is 492 g/mol. The molecule has 3 rings (SSSR count). The number of carbonyl (C=O) groups is 1. The van der Waals surface area contributed by atoms with Crippen molar-refractivity contribution in [2.45, 2.75) is 17.4 Å². The molecule has 0 saturated heterocycles. The first-order chi connectivity index (χ1) is 13.8. The molecule has 1 unspecified atom stereocenters. The van der Waals surface area contributed by atoms with E-state index in [-0.39, 0.29) is 11.3 Å². The Morgan fingerprint density at radius 1 is 0.966 bits per heavy atom. The zero-order valence-electron chi connectivity index (χ0n) is 15.2. The fraction of sp³-hybridized carbons (Fsp3) is 0.0952. The second kappa shape index (κ2) is 9.54. The molecule has 0 heterocycles. The first-order valence-electron chi connectivity index (χ1n) is 8.72. The highest BCUT2D eigenvalue weighted by Crippen LogP contribution is 2.18. The number of hydrogen-bond donors (Lipinski definition) is 2. The smallest absolute Gasteiger partial charge is 0.242 e. The predicted octanol–water partition coefficient (Wildman–Crippen LogP) is 4.63. The zero-order chi connectivity index (χ0) is 20.9. The molecule has 0 fully saturated rings. The molecule has 0 bridgehead atoms. The molecule has 5 nitrogen and oxygen atoms in total. The summed E-state index contributed by atoms with van der Waals surface area (Å²) >= 11 is 9.20. The highest BCUT2D eigenvalue weighted by molar-refractivity contribution is 9.10. The average molecular weight is 494 g/mol. The van der Waals surface area contributed by atoms with Crippen LogP contribution in [0.4, 0.5) is 5.69 Å². The lowest BCUT2D eigenvalue weighted by molar-refractivity contribution is -0.117. The van der Waals surface area contributed by atoms with Gasteiger partial charge in [-0.25, -0.2) is 8.42 Å². The molecule has 0 spiro atoms. The van der Waals surface area contributed by atoms with Gasteiger partial charge in [0.15, 0.2) is 0 Å². The second-order valence-corrected chi connectivity index (χ2v) is 9.38. The van der Waals surface area contributed by atoms with Gasteiger partial charge in [0.1, 0.15) is 6.04 Å². The van der Waals surface area contributed by atoms with E-state index in [1.807, 2.05) is 36.4 Å². The Labute approximate surface area is 183 Å². The van der Waals surface area contributed by atoms with Gasteiger partial charge in [0.2, 0.25) is 15.9 Å². The van der Waals surface area contributed by atoms with Crippen LogP contribution in [0.1, 0.15) is 5.56 Å². The molecule has 2 N–H and O–H groups in total. The standard InChI is InChI=1S/C21H18BrClN2O3S/c22-16-7-4-8-18(14-16)24-21(26)20(13-15-5-2-1-3-6-15)25-29(27,28)19-11-9-17(23)10-12-19/h1-12,14,20,25H,13H2,(H,24,26). The Kier molecular flexibility index (Phi) is 7.08. The van der Waals surface area contributed by atoms with Crippen molar-refractivity contribution < 1.29 is 13.2 Å². The third kappa shape index (κ3) is 6.14. The number of nitrogens with one attached hydrogen (secondary N) is 2. The molecule has 0 aliphatic rings. The number of benzene rings is 3. The van der Waals surface area contributed by atoms with Gasteiger partial charge in [-0.1, -0.05) is 63.9 Å². The van der Waals surface area contributed by atoms with E-state index in [2.05, 4.69) is 26.0 Å². The van der Waals surface area contributed by atoms with E-state index in [4.69, 9.17) is 11.6 Å². The predicted molar refractivity (Wildman–Crippen MR) is 118 cm³/mol. The summed E-state index contributed by atoms with van der Waals surface area (Å²) in [5.41, 5.74) is 1.40. The third-order valence-corrected chi connectivity index (χ3v) is 6.35. The largest absolute Gasteiger partial charge is 0.325 e. The van der Waals surface area contributed by atoms with Crippen molar-refractivity contribution >= 4 is 49.1 Å². The van der Waals surface area contributed by atoms with E-state index in [0.717, 1.165) is 10.0 Å². The molecule has 0 saturated carbocycles. The van der Waals surface area contributed by atoms with Crippen LogP contribution in [-0.2, 0) is 21.2 Å². The number of halogens is 2. The van der Waals surface area contributed by atoms with Crippen LogP contribution in [0.15, 0.2) is 88.2 Å². The number of sulfonamides is 1. The Morgan fingerprint density at radius 2 is 1.66 bits per heavy atom. The van der Waals surface area contributed by atoms with E-state index in [9.17, 15) is 13.2 Å². The maximum absolute atomic E-state index is 12.9. The van der Waals surface area contributed by atoms with E-state index in [1.54, 1.807) is 18.2 Å². The second-order valence-electron chi connectivity index (χ2n) is 6.32. The van der Waals surface area contributed by atoms with Crippen molar-refractivity contribution in [3.05, 3.63) is 93.9 Å². The molecule has 3 aromatic rings. The summed E-state index contributed by atoms with van der Waals surface area (Å²) in [5.74, 6) is -0.454. The van der Waals surface area contributed by atoms with Gasteiger partial charge >= 0.3 is 0 Å². The van der Waals surface area contributed by atoms with Crippen molar-refractivity contribution in [2.75, 3.05) is 5.32 Å². The zero-order valence-corrected chi connectivity index (χ0v) is 18.3. The van der Waals surface area contributed by atoms with Crippen LogP contribution in [0.3, 0.4) is 0 Å². The highest BCUT2D eigenvalue weighted by atomic mass is 79.9. The van der Waals surface area contributed by atoms with Gasteiger partial charge < -0.3 is 5.32 Å². The topological polar surface area (TPSA) is 75.3 Å². The number of hydrogen-bond acceptors (Lipinski definition) is 3. The van der Waals surface area contributed by atoms with Crippen molar-refractivity contribution in [3.63, 3.8) is 0 Å². The minimum Gasteiger partial charge on any atom is -0.325 e.